The Morgan fingerprint density at radius 3 is 2.30 bits per heavy atom. The maximum absolute atomic E-state index is 5.43. The molecule has 0 spiro atoms. The summed E-state index contributed by atoms with van der Waals surface area (Å²) in [6.07, 6.45) is 0.934. The summed E-state index contributed by atoms with van der Waals surface area (Å²) in [6, 6.07) is 18.7. The summed E-state index contributed by atoms with van der Waals surface area (Å²) in [6.45, 7) is 5.33. The van der Waals surface area contributed by atoms with E-state index in [0.29, 0.717) is 0 Å². The van der Waals surface area contributed by atoms with E-state index in [1.54, 1.807) is 7.11 Å². The van der Waals surface area contributed by atoms with Gasteiger partial charge in [0.15, 0.2) is 0 Å². The molecule has 106 valence electrons. The summed E-state index contributed by atoms with van der Waals surface area (Å²) >= 11 is 0. The lowest BCUT2D eigenvalue weighted by Crippen LogP contribution is -2.40. The topological polar surface area (TPSA) is 21.3 Å². The van der Waals surface area contributed by atoms with Crippen molar-refractivity contribution in [3.63, 3.8) is 0 Å². The Bertz CT molecular complexity index is 534. The molecule has 20 heavy (non-hydrogen) atoms. The van der Waals surface area contributed by atoms with Gasteiger partial charge in [0.05, 0.1) is 7.11 Å². The van der Waals surface area contributed by atoms with Gasteiger partial charge in [0, 0.05) is 12.1 Å². The Morgan fingerprint density at radius 1 is 0.950 bits per heavy atom. The van der Waals surface area contributed by atoms with Gasteiger partial charge in [0.1, 0.15) is 5.75 Å². The molecule has 0 saturated heterocycles. The van der Waals surface area contributed by atoms with E-state index < -0.39 is 0 Å². The molecule has 1 N–H and O–H groups in total. The minimum absolute atomic E-state index is 0.0183. The molecule has 0 atom stereocenters. The van der Waals surface area contributed by atoms with Crippen LogP contribution in [0.15, 0.2) is 54.6 Å². The van der Waals surface area contributed by atoms with Crippen LogP contribution in [0.1, 0.15) is 25.0 Å². The highest BCUT2D eigenvalue weighted by atomic mass is 16.5. The molecule has 2 heteroatoms. The number of hydrogen-bond donors (Lipinski definition) is 1. The molecular weight excluding hydrogens is 246 g/mol. The van der Waals surface area contributed by atoms with Gasteiger partial charge in [0.2, 0.25) is 0 Å². The Morgan fingerprint density at radius 2 is 1.60 bits per heavy atom. The van der Waals surface area contributed by atoms with Crippen molar-refractivity contribution in [3.8, 4) is 5.75 Å². The van der Waals surface area contributed by atoms with Crippen molar-refractivity contribution in [1.29, 1.82) is 0 Å². The van der Waals surface area contributed by atoms with Crippen molar-refractivity contribution in [2.24, 2.45) is 0 Å². The van der Waals surface area contributed by atoms with Crippen LogP contribution in [0.5, 0.6) is 5.75 Å². The van der Waals surface area contributed by atoms with Crippen molar-refractivity contribution in [2.75, 3.05) is 7.11 Å². The second-order valence-corrected chi connectivity index (χ2v) is 5.71. The zero-order valence-corrected chi connectivity index (χ0v) is 12.5. The molecule has 0 radical (unpaired) electrons. The van der Waals surface area contributed by atoms with Gasteiger partial charge in [-0.1, -0.05) is 48.5 Å². The molecule has 2 rings (SSSR count). The molecule has 2 aromatic rings. The van der Waals surface area contributed by atoms with Crippen LogP contribution in [0.25, 0.3) is 0 Å². The van der Waals surface area contributed by atoms with Crippen molar-refractivity contribution < 1.29 is 4.74 Å². The van der Waals surface area contributed by atoms with E-state index in [9.17, 15) is 0 Å². The summed E-state index contributed by atoms with van der Waals surface area (Å²) < 4.78 is 5.43. The fraction of sp³-hybridized carbons (Fsp3) is 0.333. The van der Waals surface area contributed by atoms with Crippen LogP contribution in [-0.4, -0.2) is 12.6 Å². The average molecular weight is 269 g/mol. The van der Waals surface area contributed by atoms with E-state index in [-0.39, 0.29) is 5.54 Å². The first-order chi connectivity index (χ1) is 9.61. The van der Waals surface area contributed by atoms with Crippen molar-refractivity contribution in [1.82, 2.24) is 5.32 Å². The SMILES string of the molecule is COc1ccccc1CC(C)(C)NCc1ccccc1. The summed E-state index contributed by atoms with van der Waals surface area (Å²) in [5.74, 6) is 0.960. The fourth-order valence-corrected chi connectivity index (χ4v) is 2.32. The van der Waals surface area contributed by atoms with Crippen molar-refractivity contribution in [2.45, 2.75) is 32.4 Å². The number of methoxy groups -OCH3 is 1. The molecule has 0 aliphatic rings. The minimum Gasteiger partial charge on any atom is -0.496 e. The second kappa shape index (κ2) is 6.58. The number of nitrogens with one attached hydrogen (secondary N) is 1. The third-order valence-corrected chi connectivity index (χ3v) is 3.44. The lowest BCUT2D eigenvalue weighted by Gasteiger charge is -2.27. The van der Waals surface area contributed by atoms with E-state index in [1.165, 1.54) is 11.1 Å². The molecule has 0 heterocycles. The smallest absolute Gasteiger partial charge is 0.122 e. The van der Waals surface area contributed by atoms with Gasteiger partial charge in [0.25, 0.3) is 0 Å². The van der Waals surface area contributed by atoms with Crippen LogP contribution in [0.3, 0.4) is 0 Å². The van der Waals surface area contributed by atoms with Crippen LogP contribution in [-0.2, 0) is 13.0 Å². The molecule has 0 fully saturated rings. The number of benzene rings is 2. The Labute approximate surface area is 121 Å². The van der Waals surface area contributed by atoms with Gasteiger partial charge in [-0.3, -0.25) is 0 Å². The van der Waals surface area contributed by atoms with Gasteiger partial charge in [-0.15, -0.1) is 0 Å². The van der Waals surface area contributed by atoms with Gasteiger partial charge >= 0.3 is 0 Å². The maximum atomic E-state index is 5.43. The molecule has 0 unspecified atom stereocenters. The van der Waals surface area contributed by atoms with Crippen LogP contribution in [0, 0.1) is 0 Å². The first-order valence-corrected chi connectivity index (χ1v) is 7.01. The predicted molar refractivity (Wildman–Crippen MR) is 84.1 cm³/mol. The van der Waals surface area contributed by atoms with E-state index in [1.807, 2.05) is 18.2 Å². The largest absolute Gasteiger partial charge is 0.496 e. The lowest BCUT2D eigenvalue weighted by atomic mass is 9.94. The quantitative estimate of drug-likeness (QED) is 0.861. The number of para-hydroxylation sites is 1. The lowest BCUT2D eigenvalue weighted by molar-refractivity contribution is 0.367. The first kappa shape index (κ1) is 14.6. The molecule has 0 bridgehead atoms. The highest BCUT2D eigenvalue weighted by Crippen LogP contribution is 2.22. The van der Waals surface area contributed by atoms with E-state index in [4.69, 9.17) is 4.74 Å². The highest BCUT2D eigenvalue weighted by Gasteiger charge is 2.19. The van der Waals surface area contributed by atoms with Crippen LogP contribution in [0.2, 0.25) is 0 Å². The monoisotopic (exact) mass is 269 g/mol. The van der Waals surface area contributed by atoms with Gasteiger partial charge in [-0.25, -0.2) is 0 Å². The average Bonchev–Trinajstić information content (AvgIpc) is 2.47. The van der Waals surface area contributed by atoms with Crippen LogP contribution < -0.4 is 10.1 Å². The standard InChI is InChI=1S/C18H23NO/c1-18(2,19-14-15-9-5-4-6-10-15)13-16-11-7-8-12-17(16)20-3/h4-12,19H,13-14H2,1-3H3. The molecule has 0 aliphatic heterocycles. The first-order valence-electron chi connectivity index (χ1n) is 7.01. The van der Waals surface area contributed by atoms with Crippen molar-refractivity contribution >= 4 is 0 Å². The molecular formula is C18H23NO. The molecule has 0 saturated carbocycles. The summed E-state index contributed by atoms with van der Waals surface area (Å²) in [5, 5.41) is 3.62. The number of rotatable bonds is 6. The third kappa shape index (κ3) is 4.10. The molecule has 0 aliphatic carbocycles. The second-order valence-electron chi connectivity index (χ2n) is 5.71. The van der Waals surface area contributed by atoms with Gasteiger partial charge in [-0.2, -0.15) is 0 Å². The Hall–Kier alpha value is -1.80. The third-order valence-electron chi connectivity index (χ3n) is 3.44. The van der Waals surface area contributed by atoms with Gasteiger partial charge < -0.3 is 10.1 Å². The summed E-state index contributed by atoms with van der Waals surface area (Å²) in [7, 11) is 1.73. The fourth-order valence-electron chi connectivity index (χ4n) is 2.32. The minimum atomic E-state index is 0.0183. The van der Waals surface area contributed by atoms with Crippen LogP contribution in [0.4, 0.5) is 0 Å². The summed E-state index contributed by atoms with van der Waals surface area (Å²) in [5.41, 5.74) is 2.56. The molecule has 0 aromatic heterocycles. The summed E-state index contributed by atoms with van der Waals surface area (Å²) in [4.78, 5) is 0. The maximum Gasteiger partial charge on any atom is 0.122 e. The van der Waals surface area contributed by atoms with Crippen molar-refractivity contribution in [3.05, 3.63) is 65.7 Å². The zero-order chi connectivity index (χ0) is 14.4. The van der Waals surface area contributed by atoms with E-state index in [0.717, 1.165) is 18.7 Å². The van der Waals surface area contributed by atoms with Gasteiger partial charge in [-0.05, 0) is 37.5 Å². The molecule has 2 aromatic carbocycles. The zero-order valence-electron chi connectivity index (χ0n) is 12.5. The molecule has 2 nitrogen and oxygen atoms in total. The number of hydrogen-bond acceptors (Lipinski definition) is 2. The number of ether oxygens (including phenoxy) is 1. The Balaban J connectivity index is 2.00. The van der Waals surface area contributed by atoms with E-state index >= 15 is 0 Å². The predicted octanol–water partition coefficient (Wildman–Crippen LogP) is 3.81. The molecule has 0 amide bonds. The van der Waals surface area contributed by atoms with E-state index in [2.05, 4.69) is 55.6 Å². The van der Waals surface area contributed by atoms with Crippen LogP contribution >= 0.6 is 0 Å². The Kier molecular flexibility index (Phi) is 4.80. The normalized spacial score (nSPS) is 11.3. The highest BCUT2D eigenvalue weighted by molar-refractivity contribution is 5.34.